The van der Waals surface area contributed by atoms with Crippen molar-refractivity contribution in [3.8, 4) is 5.88 Å². The Morgan fingerprint density at radius 3 is 2.55 bits per heavy atom. The molecule has 0 saturated heterocycles. The molecule has 116 valence electrons. The molecule has 0 aliphatic heterocycles. The van der Waals surface area contributed by atoms with E-state index in [1.807, 2.05) is 6.92 Å². The molecule has 0 spiro atoms. The average molecular weight is 306 g/mol. The number of methoxy groups -OCH3 is 1. The number of hydrogen-bond donors (Lipinski definition) is 1. The summed E-state index contributed by atoms with van der Waals surface area (Å²) >= 11 is 0. The predicted octanol–water partition coefficient (Wildman–Crippen LogP) is 2.71. The van der Waals surface area contributed by atoms with Crippen molar-refractivity contribution in [2.24, 2.45) is 0 Å². The molecule has 1 heterocycles. The SMILES string of the molecule is CCc1nc(NCc2ccc(F)cc2)c([N+](=O)[O-])c(OC)n1. The second-order valence-electron chi connectivity index (χ2n) is 4.44. The third-order valence-corrected chi connectivity index (χ3v) is 2.96. The summed E-state index contributed by atoms with van der Waals surface area (Å²) < 4.78 is 17.8. The van der Waals surface area contributed by atoms with Crippen LogP contribution in [0.3, 0.4) is 0 Å². The molecule has 0 radical (unpaired) electrons. The van der Waals surface area contributed by atoms with E-state index in [4.69, 9.17) is 4.74 Å². The number of aromatic nitrogens is 2. The summed E-state index contributed by atoms with van der Waals surface area (Å²) in [7, 11) is 1.32. The van der Waals surface area contributed by atoms with Crippen LogP contribution >= 0.6 is 0 Å². The third kappa shape index (κ3) is 3.46. The lowest BCUT2D eigenvalue weighted by Crippen LogP contribution is -2.09. The monoisotopic (exact) mass is 306 g/mol. The largest absolute Gasteiger partial charge is 0.476 e. The predicted molar refractivity (Wildman–Crippen MR) is 78.3 cm³/mol. The van der Waals surface area contributed by atoms with Gasteiger partial charge in [-0.2, -0.15) is 4.98 Å². The van der Waals surface area contributed by atoms with Crippen LogP contribution in [0.25, 0.3) is 0 Å². The Morgan fingerprint density at radius 2 is 2.00 bits per heavy atom. The van der Waals surface area contributed by atoms with Crippen LogP contribution in [0.2, 0.25) is 0 Å². The van der Waals surface area contributed by atoms with E-state index in [1.54, 1.807) is 12.1 Å². The van der Waals surface area contributed by atoms with Gasteiger partial charge in [-0.05, 0) is 17.7 Å². The molecular weight excluding hydrogens is 291 g/mol. The Kier molecular flexibility index (Phi) is 4.82. The standard InChI is InChI=1S/C14H15FN4O3/c1-3-11-17-13(12(19(20)21)14(18-11)22-2)16-8-9-4-6-10(15)7-5-9/h4-7H,3,8H2,1-2H3,(H,16,17,18). The van der Waals surface area contributed by atoms with E-state index in [0.717, 1.165) is 5.56 Å². The highest BCUT2D eigenvalue weighted by Gasteiger charge is 2.25. The zero-order valence-electron chi connectivity index (χ0n) is 12.2. The van der Waals surface area contributed by atoms with E-state index in [1.165, 1.54) is 19.2 Å². The summed E-state index contributed by atoms with van der Waals surface area (Å²) in [6.07, 6.45) is 0.513. The molecule has 7 nitrogen and oxygen atoms in total. The van der Waals surface area contributed by atoms with Crippen LogP contribution in [-0.4, -0.2) is 22.0 Å². The van der Waals surface area contributed by atoms with Crippen LogP contribution in [0.5, 0.6) is 5.88 Å². The molecule has 0 bridgehead atoms. The Balaban J connectivity index is 2.31. The number of rotatable bonds is 6. The van der Waals surface area contributed by atoms with Gasteiger partial charge in [0.2, 0.25) is 5.82 Å². The fraction of sp³-hybridized carbons (Fsp3) is 0.286. The molecule has 0 atom stereocenters. The van der Waals surface area contributed by atoms with E-state index >= 15 is 0 Å². The van der Waals surface area contributed by atoms with Crippen molar-refractivity contribution in [1.82, 2.24) is 9.97 Å². The first-order chi connectivity index (χ1) is 10.5. The first kappa shape index (κ1) is 15.6. The zero-order chi connectivity index (χ0) is 16.1. The summed E-state index contributed by atoms with van der Waals surface area (Å²) in [5.41, 5.74) is 0.452. The molecule has 1 aromatic heterocycles. The minimum absolute atomic E-state index is 0.0815. The highest BCUT2D eigenvalue weighted by molar-refractivity contribution is 5.61. The van der Waals surface area contributed by atoms with Crippen molar-refractivity contribution >= 4 is 11.5 Å². The smallest absolute Gasteiger partial charge is 0.372 e. The van der Waals surface area contributed by atoms with Gasteiger partial charge in [0.1, 0.15) is 11.6 Å². The van der Waals surface area contributed by atoms with Crippen LogP contribution in [0.1, 0.15) is 18.3 Å². The summed E-state index contributed by atoms with van der Waals surface area (Å²) in [4.78, 5) is 18.8. The molecule has 0 aliphatic carbocycles. The number of benzene rings is 1. The Hall–Kier alpha value is -2.77. The molecule has 0 amide bonds. The fourth-order valence-corrected chi connectivity index (χ4v) is 1.85. The summed E-state index contributed by atoms with van der Waals surface area (Å²) in [5.74, 6) is 0.0900. The fourth-order valence-electron chi connectivity index (χ4n) is 1.85. The van der Waals surface area contributed by atoms with Crippen LogP contribution < -0.4 is 10.1 Å². The van der Waals surface area contributed by atoms with Gasteiger partial charge in [-0.25, -0.2) is 9.37 Å². The molecule has 8 heteroatoms. The second kappa shape index (κ2) is 6.79. The van der Waals surface area contributed by atoms with Crippen LogP contribution in [0.4, 0.5) is 15.9 Å². The van der Waals surface area contributed by atoms with E-state index in [9.17, 15) is 14.5 Å². The second-order valence-corrected chi connectivity index (χ2v) is 4.44. The van der Waals surface area contributed by atoms with Gasteiger partial charge in [-0.1, -0.05) is 19.1 Å². The van der Waals surface area contributed by atoms with Gasteiger partial charge in [0.15, 0.2) is 0 Å². The number of nitrogens with one attached hydrogen (secondary N) is 1. The number of nitro groups is 1. The Bertz CT molecular complexity index is 677. The molecule has 1 N–H and O–H groups in total. The van der Waals surface area contributed by atoms with Gasteiger partial charge in [0, 0.05) is 13.0 Å². The van der Waals surface area contributed by atoms with Gasteiger partial charge < -0.3 is 10.1 Å². The lowest BCUT2D eigenvalue weighted by Gasteiger charge is -2.10. The molecule has 0 fully saturated rings. The van der Waals surface area contributed by atoms with E-state index in [2.05, 4.69) is 15.3 Å². The lowest BCUT2D eigenvalue weighted by molar-refractivity contribution is -0.385. The van der Waals surface area contributed by atoms with Crippen molar-refractivity contribution in [3.05, 3.63) is 51.6 Å². The first-order valence-corrected chi connectivity index (χ1v) is 6.62. The Morgan fingerprint density at radius 1 is 1.32 bits per heavy atom. The van der Waals surface area contributed by atoms with Gasteiger partial charge >= 0.3 is 5.69 Å². The quantitative estimate of drug-likeness (QED) is 0.652. The molecule has 0 unspecified atom stereocenters. The number of nitrogens with zero attached hydrogens (tertiary/aromatic N) is 3. The van der Waals surface area contributed by atoms with Crippen molar-refractivity contribution in [2.45, 2.75) is 19.9 Å². The van der Waals surface area contributed by atoms with E-state index < -0.39 is 4.92 Å². The topological polar surface area (TPSA) is 90.2 Å². The summed E-state index contributed by atoms with van der Waals surface area (Å²) in [6, 6.07) is 5.83. The molecule has 2 rings (SSSR count). The number of ether oxygens (including phenoxy) is 1. The molecule has 0 aliphatic rings. The molecule has 1 aromatic carbocycles. The normalized spacial score (nSPS) is 10.3. The molecule has 0 saturated carbocycles. The third-order valence-electron chi connectivity index (χ3n) is 2.96. The maximum Gasteiger partial charge on any atom is 0.372 e. The molecule has 22 heavy (non-hydrogen) atoms. The van der Waals surface area contributed by atoms with E-state index in [0.29, 0.717) is 12.2 Å². The van der Waals surface area contributed by atoms with Crippen molar-refractivity contribution in [2.75, 3.05) is 12.4 Å². The summed E-state index contributed by atoms with van der Waals surface area (Å²) in [6.45, 7) is 2.11. The minimum Gasteiger partial charge on any atom is -0.476 e. The Labute approximate surface area is 126 Å². The number of aryl methyl sites for hydroxylation is 1. The molecular formula is C14H15FN4O3. The van der Waals surface area contributed by atoms with E-state index in [-0.39, 0.29) is 29.7 Å². The van der Waals surface area contributed by atoms with Crippen molar-refractivity contribution < 1.29 is 14.1 Å². The minimum atomic E-state index is -0.592. The van der Waals surface area contributed by atoms with Gasteiger partial charge in [0.25, 0.3) is 5.88 Å². The number of hydrogen-bond acceptors (Lipinski definition) is 6. The number of halogens is 1. The zero-order valence-corrected chi connectivity index (χ0v) is 12.2. The lowest BCUT2D eigenvalue weighted by atomic mass is 10.2. The van der Waals surface area contributed by atoms with Gasteiger partial charge in [0.05, 0.1) is 12.0 Å². The van der Waals surface area contributed by atoms with Crippen molar-refractivity contribution in [1.29, 1.82) is 0 Å². The maximum absolute atomic E-state index is 12.9. The molecule has 2 aromatic rings. The van der Waals surface area contributed by atoms with Crippen LogP contribution in [0, 0.1) is 15.9 Å². The highest BCUT2D eigenvalue weighted by atomic mass is 19.1. The van der Waals surface area contributed by atoms with Gasteiger partial charge in [-0.3, -0.25) is 10.1 Å². The highest BCUT2D eigenvalue weighted by Crippen LogP contribution is 2.31. The van der Waals surface area contributed by atoms with Crippen LogP contribution in [0.15, 0.2) is 24.3 Å². The van der Waals surface area contributed by atoms with Crippen LogP contribution in [-0.2, 0) is 13.0 Å². The number of anilines is 1. The first-order valence-electron chi connectivity index (χ1n) is 6.62. The maximum atomic E-state index is 12.9. The van der Waals surface area contributed by atoms with Crippen molar-refractivity contribution in [3.63, 3.8) is 0 Å². The summed E-state index contributed by atoms with van der Waals surface area (Å²) in [5, 5.41) is 14.1. The average Bonchev–Trinajstić information content (AvgIpc) is 2.53. The van der Waals surface area contributed by atoms with Gasteiger partial charge in [-0.15, -0.1) is 0 Å².